The predicted octanol–water partition coefficient (Wildman–Crippen LogP) is 4.11. The second-order valence-electron chi connectivity index (χ2n) is 6.85. The summed E-state index contributed by atoms with van der Waals surface area (Å²) in [6, 6.07) is 13.7. The van der Waals surface area contributed by atoms with Gasteiger partial charge in [0.25, 0.3) is 0 Å². The van der Waals surface area contributed by atoms with Gasteiger partial charge in [0.1, 0.15) is 0 Å². The summed E-state index contributed by atoms with van der Waals surface area (Å²) in [7, 11) is 0. The number of rotatable bonds is 4. The fraction of sp³-hybridized carbons (Fsp3) is 0.250. The van der Waals surface area contributed by atoms with E-state index in [1.54, 1.807) is 6.07 Å². The highest BCUT2D eigenvalue weighted by Gasteiger charge is 2.18. The summed E-state index contributed by atoms with van der Waals surface area (Å²) in [5, 5.41) is 16.8. The quantitative estimate of drug-likeness (QED) is 0.516. The van der Waals surface area contributed by atoms with E-state index in [4.69, 9.17) is 14.9 Å². The highest BCUT2D eigenvalue weighted by molar-refractivity contribution is 5.83. The molecule has 1 fully saturated rings. The van der Waals surface area contributed by atoms with Crippen LogP contribution in [0.5, 0.6) is 0 Å². The van der Waals surface area contributed by atoms with E-state index in [0.29, 0.717) is 17.6 Å². The van der Waals surface area contributed by atoms with E-state index < -0.39 is 0 Å². The Morgan fingerprint density at radius 2 is 2.07 bits per heavy atom. The molecule has 1 aliphatic heterocycles. The number of fused-ring (bicyclic) bond motifs is 1. The molecular weight excluding hydrogens is 356 g/mol. The number of hydrogen-bond acceptors (Lipinski definition) is 7. The van der Waals surface area contributed by atoms with Gasteiger partial charge in [0.05, 0.1) is 11.7 Å². The van der Waals surface area contributed by atoms with Crippen molar-refractivity contribution in [3.05, 3.63) is 48.7 Å². The molecule has 5 rings (SSSR count). The lowest BCUT2D eigenvalue weighted by atomic mass is 10.2. The van der Waals surface area contributed by atoms with Crippen LogP contribution in [-0.4, -0.2) is 26.6 Å². The van der Waals surface area contributed by atoms with Crippen molar-refractivity contribution in [2.24, 2.45) is 0 Å². The molecule has 28 heavy (non-hydrogen) atoms. The fourth-order valence-corrected chi connectivity index (χ4v) is 3.46. The molecule has 2 aromatic heterocycles. The Morgan fingerprint density at radius 1 is 1.11 bits per heavy atom. The zero-order valence-electron chi connectivity index (χ0n) is 15.2. The average molecular weight is 376 g/mol. The molecule has 0 spiro atoms. The zero-order chi connectivity index (χ0) is 18.9. The van der Waals surface area contributed by atoms with Crippen LogP contribution in [0.1, 0.15) is 25.5 Å². The Morgan fingerprint density at radius 3 is 2.93 bits per heavy atom. The smallest absolute Gasteiger partial charge is 0.320 e. The van der Waals surface area contributed by atoms with Gasteiger partial charge in [0, 0.05) is 28.9 Å². The van der Waals surface area contributed by atoms with E-state index in [2.05, 4.69) is 20.6 Å². The molecule has 3 N–H and O–H groups in total. The van der Waals surface area contributed by atoms with Crippen LogP contribution in [-0.2, 0) is 4.74 Å². The standard InChI is InChI=1S/C20H20N6O2/c21-15-5-3-4-13(10-15)19-24-25-20(28-19)23-16-7-8-17-14(11-16)12-22-26(17)18-6-1-2-9-27-18/h3-5,7-8,10-12,18H,1-2,6,9,21H2,(H,23,25). The van der Waals surface area contributed by atoms with Crippen molar-refractivity contribution in [3.8, 4) is 11.5 Å². The van der Waals surface area contributed by atoms with Crippen molar-refractivity contribution in [1.29, 1.82) is 0 Å². The first-order chi connectivity index (χ1) is 13.8. The number of nitrogen functional groups attached to an aromatic ring is 1. The van der Waals surface area contributed by atoms with Gasteiger partial charge in [0.15, 0.2) is 6.23 Å². The molecule has 142 valence electrons. The molecular formula is C20H20N6O2. The summed E-state index contributed by atoms with van der Waals surface area (Å²) in [4.78, 5) is 0. The van der Waals surface area contributed by atoms with Gasteiger partial charge in [-0.2, -0.15) is 5.10 Å². The maximum atomic E-state index is 5.85. The molecule has 0 bridgehead atoms. The Bertz CT molecular complexity index is 1110. The normalized spacial score (nSPS) is 17.1. The summed E-state index contributed by atoms with van der Waals surface area (Å²) in [5.41, 5.74) is 9.13. The van der Waals surface area contributed by atoms with Gasteiger partial charge in [-0.05, 0) is 55.7 Å². The second kappa shape index (κ2) is 6.97. The summed E-state index contributed by atoms with van der Waals surface area (Å²) < 4.78 is 13.5. The lowest BCUT2D eigenvalue weighted by Crippen LogP contribution is -2.18. The van der Waals surface area contributed by atoms with Crippen molar-refractivity contribution in [3.63, 3.8) is 0 Å². The molecule has 1 atom stereocenters. The maximum Gasteiger partial charge on any atom is 0.320 e. The minimum Gasteiger partial charge on any atom is -0.403 e. The van der Waals surface area contributed by atoms with Crippen LogP contribution >= 0.6 is 0 Å². The molecule has 8 heteroatoms. The van der Waals surface area contributed by atoms with Gasteiger partial charge >= 0.3 is 6.01 Å². The Balaban J connectivity index is 1.37. The van der Waals surface area contributed by atoms with Crippen molar-refractivity contribution in [2.45, 2.75) is 25.5 Å². The summed E-state index contributed by atoms with van der Waals surface area (Å²) in [5.74, 6) is 0.415. The van der Waals surface area contributed by atoms with E-state index in [1.165, 1.54) is 0 Å². The van der Waals surface area contributed by atoms with E-state index in [-0.39, 0.29) is 6.23 Å². The highest BCUT2D eigenvalue weighted by atomic mass is 16.5. The van der Waals surface area contributed by atoms with Crippen molar-refractivity contribution < 1.29 is 9.15 Å². The van der Waals surface area contributed by atoms with Gasteiger partial charge < -0.3 is 20.2 Å². The van der Waals surface area contributed by atoms with Gasteiger partial charge in [-0.25, -0.2) is 4.68 Å². The SMILES string of the molecule is Nc1cccc(-c2nnc(Nc3ccc4c(cnn4C4CCCCO4)c3)o2)c1. The molecule has 8 nitrogen and oxygen atoms in total. The Kier molecular flexibility index (Phi) is 4.17. The van der Waals surface area contributed by atoms with Crippen LogP contribution in [0.4, 0.5) is 17.4 Å². The van der Waals surface area contributed by atoms with Crippen molar-refractivity contribution in [2.75, 3.05) is 17.7 Å². The summed E-state index contributed by atoms with van der Waals surface area (Å²) in [6.07, 6.45) is 5.14. The molecule has 2 aromatic carbocycles. The number of benzene rings is 2. The monoisotopic (exact) mass is 376 g/mol. The third-order valence-electron chi connectivity index (χ3n) is 4.83. The molecule has 0 aliphatic carbocycles. The summed E-state index contributed by atoms with van der Waals surface area (Å²) >= 11 is 0. The van der Waals surface area contributed by atoms with Gasteiger partial charge in [-0.1, -0.05) is 11.2 Å². The minimum absolute atomic E-state index is 0.0156. The number of nitrogens with two attached hydrogens (primary N) is 1. The van der Waals surface area contributed by atoms with Crippen LogP contribution in [0.2, 0.25) is 0 Å². The average Bonchev–Trinajstić information content (AvgIpc) is 3.35. The van der Waals surface area contributed by atoms with Crippen LogP contribution in [0, 0.1) is 0 Å². The zero-order valence-corrected chi connectivity index (χ0v) is 15.2. The van der Waals surface area contributed by atoms with E-state index in [0.717, 1.165) is 48.0 Å². The van der Waals surface area contributed by atoms with Gasteiger partial charge in [-0.15, -0.1) is 5.10 Å². The first-order valence-electron chi connectivity index (χ1n) is 9.31. The van der Waals surface area contributed by atoms with E-state index >= 15 is 0 Å². The first-order valence-corrected chi connectivity index (χ1v) is 9.31. The predicted molar refractivity (Wildman–Crippen MR) is 106 cm³/mol. The van der Waals surface area contributed by atoms with Gasteiger partial charge in [0.2, 0.25) is 5.89 Å². The number of ether oxygens (including phenoxy) is 1. The molecule has 1 unspecified atom stereocenters. The molecule has 3 heterocycles. The number of aromatic nitrogens is 4. The number of hydrogen-bond donors (Lipinski definition) is 2. The second-order valence-corrected chi connectivity index (χ2v) is 6.85. The highest BCUT2D eigenvalue weighted by Crippen LogP contribution is 2.29. The molecule has 0 amide bonds. The summed E-state index contributed by atoms with van der Waals surface area (Å²) in [6.45, 7) is 0.790. The first kappa shape index (κ1) is 16.8. The molecule has 1 saturated heterocycles. The van der Waals surface area contributed by atoms with Crippen LogP contribution < -0.4 is 11.1 Å². The third kappa shape index (κ3) is 3.18. The van der Waals surface area contributed by atoms with Crippen LogP contribution in [0.3, 0.4) is 0 Å². The largest absolute Gasteiger partial charge is 0.403 e. The minimum atomic E-state index is 0.0156. The number of anilines is 3. The van der Waals surface area contributed by atoms with Crippen molar-refractivity contribution in [1.82, 2.24) is 20.0 Å². The van der Waals surface area contributed by atoms with Crippen LogP contribution in [0.25, 0.3) is 22.4 Å². The Hall–Kier alpha value is -3.39. The van der Waals surface area contributed by atoms with E-state index in [9.17, 15) is 0 Å². The maximum absolute atomic E-state index is 5.85. The van der Waals surface area contributed by atoms with Gasteiger partial charge in [-0.3, -0.25) is 0 Å². The molecule has 4 aromatic rings. The number of nitrogens with one attached hydrogen (secondary N) is 1. The lowest BCUT2D eigenvalue weighted by molar-refractivity contribution is -0.0366. The number of nitrogens with zero attached hydrogens (tertiary/aromatic N) is 4. The third-order valence-corrected chi connectivity index (χ3v) is 4.83. The topological polar surface area (TPSA) is 104 Å². The fourth-order valence-electron chi connectivity index (χ4n) is 3.46. The molecule has 0 saturated carbocycles. The van der Waals surface area contributed by atoms with Crippen molar-refractivity contribution >= 4 is 28.3 Å². The lowest BCUT2D eigenvalue weighted by Gasteiger charge is -2.23. The van der Waals surface area contributed by atoms with Crippen LogP contribution in [0.15, 0.2) is 53.1 Å². The molecule has 1 aliphatic rings. The molecule has 0 radical (unpaired) electrons. The van der Waals surface area contributed by atoms with E-state index in [1.807, 2.05) is 47.3 Å². The Labute approximate surface area is 161 Å².